The molecule has 0 amide bonds. The Kier molecular flexibility index (Phi) is 3.98. The molecule has 0 aliphatic rings. The molecule has 114 valence electrons. The molecule has 3 aromatic rings. The standard InChI is InChI=1S/C15H17IN6/c1-9(2)22-19-15(18-20-22)12-8-17-21(14(12)16)13-7-10(3)5-6-11(13)4/h5-9H,1-4H3. The van der Waals surface area contributed by atoms with E-state index in [4.69, 9.17) is 0 Å². The van der Waals surface area contributed by atoms with Gasteiger partial charge in [0.15, 0.2) is 0 Å². The van der Waals surface area contributed by atoms with Crippen LogP contribution in [0, 0.1) is 17.5 Å². The van der Waals surface area contributed by atoms with Gasteiger partial charge in [0.25, 0.3) is 0 Å². The highest BCUT2D eigenvalue weighted by atomic mass is 127. The summed E-state index contributed by atoms with van der Waals surface area (Å²) in [6, 6.07) is 6.53. The normalized spacial score (nSPS) is 11.4. The van der Waals surface area contributed by atoms with Crippen molar-refractivity contribution in [2.75, 3.05) is 0 Å². The maximum atomic E-state index is 4.51. The van der Waals surface area contributed by atoms with E-state index in [0.717, 1.165) is 15.0 Å². The SMILES string of the molecule is Cc1ccc(C)c(-n2ncc(-c3nnn(C(C)C)n3)c2I)c1. The second kappa shape index (κ2) is 5.79. The number of benzene rings is 1. The minimum atomic E-state index is 0.188. The molecule has 2 aromatic heterocycles. The highest BCUT2D eigenvalue weighted by molar-refractivity contribution is 14.1. The van der Waals surface area contributed by atoms with Crippen LogP contribution in [0.4, 0.5) is 0 Å². The Hall–Kier alpha value is -1.77. The molecule has 0 aliphatic heterocycles. The smallest absolute Gasteiger partial charge is 0.209 e. The highest BCUT2D eigenvalue weighted by Crippen LogP contribution is 2.26. The molecule has 6 nitrogen and oxygen atoms in total. The number of halogens is 1. The van der Waals surface area contributed by atoms with Crippen molar-refractivity contribution in [3.63, 3.8) is 0 Å². The van der Waals surface area contributed by atoms with Gasteiger partial charge in [-0.25, -0.2) is 4.68 Å². The first-order valence-corrected chi connectivity index (χ1v) is 8.16. The molecule has 0 atom stereocenters. The minimum absolute atomic E-state index is 0.188. The van der Waals surface area contributed by atoms with Gasteiger partial charge in [-0.05, 0) is 72.7 Å². The van der Waals surface area contributed by atoms with Crippen molar-refractivity contribution in [1.82, 2.24) is 30.0 Å². The van der Waals surface area contributed by atoms with Crippen LogP contribution in [0.3, 0.4) is 0 Å². The van der Waals surface area contributed by atoms with E-state index in [9.17, 15) is 0 Å². The summed E-state index contributed by atoms with van der Waals surface area (Å²) in [5, 5.41) is 17.2. The average Bonchev–Trinajstić information content (AvgIpc) is 3.08. The van der Waals surface area contributed by atoms with Crippen LogP contribution < -0.4 is 0 Å². The molecule has 0 unspecified atom stereocenters. The molecule has 0 N–H and O–H groups in total. The zero-order chi connectivity index (χ0) is 15.9. The molecule has 22 heavy (non-hydrogen) atoms. The van der Waals surface area contributed by atoms with Gasteiger partial charge in [0, 0.05) is 0 Å². The number of aromatic nitrogens is 6. The minimum Gasteiger partial charge on any atom is -0.227 e. The van der Waals surface area contributed by atoms with E-state index in [1.165, 1.54) is 11.1 Å². The van der Waals surface area contributed by atoms with E-state index in [2.05, 4.69) is 75.1 Å². The summed E-state index contributed by atoms with van der Waals surface area (Å²) >= 11 is 2.28. The van der Waals surface area contributed by atoms with Crippen LogP contribution in [-0.2, 0) is 0 Å². The predicted octanol–water partition coefficient (Wildman–Crippen LogP) is 3.33. The summed E-state index contributed by atoms with van der Waals surface area (Å²) in [5.74, 6) is 0.606. The Morgan fingerprint density at radius 2 is 1.95 bits per heavy atom. The number of aryl methyl sites for hydroxylation is 2. The van der Waals surface area contributed by atoms with Crippen molar-refractivity contribution >= 4 is 22.6 Å². The first-order chi connectivity index (χ1) is 10.5. The van der Waals surface area contributed by atoms with Crippen LogP contribution in [0.15, 0.2) is 24.4 Å². The summed E-state index contributed by atoms with van der Waals surface area (Å²) in [4.78, 5) is 1.61. The number of tetrazole rings is 1. The Morgan fingerprint density at radius 3 is 2.64 bits per heavy atom. The molecule has 0 radical (unpaired) electrons. The summed E-state index contributed by atoms with van der Waals surface area (Å²) in [7, 11) is 0. The van der Waals surface area contributed by atoms with E-state index in [-0.39, 0.29) is 6.04 Å². The van der Waals surface area contributed by atoms with E-state index in [0.29, 0.717) is 5.82 Å². The molecule has 0 saturated heterocycles. The summed E-state index contributed by atoms with van der Waals surface area (Å²) in [5.41, 5.74) is 4.36. The third-order valence-electron chi connectivity index (χ3n) is 3.43. The van der Waals surface area contributed by atoms with Gasteiger partial charge in [0.2, 0.25) is 5.82 Å². The third kappa shape index (κ3) is 2.65. The van der Waals surface area contributed by atoms with Gasteiger partial charge < -0.3 is 0 Å². The number of rotatable bonds is 3. The summed E-state index contributed by atoms with van der Waals surface area (Å²) in [6.07, 6.45) is 1.80. The lowest BCUT2D eigenvalue weighted by Gasteiger charge is -2.08. The van der Waals surface area contributed by atoms with Crippen LogP contribution in [0.1, 0.15) is 31.0 Å². The van der Waals surface area contributed by atoms with E-state index < -0.39 is 0 Å². The monoisotopic (exact) mass is 408 g/mol. The largest absolute Gasteiger partial charge is 0.227 e. The van der Waals surface area contributed by atoms with Crippen molar-refractivity contribution in [3.05, 3.63) is 39.2 Å². The second-order valence-electron chi connectivity index (χ2n) is 5.58. The van der Waals surface area contributed by atoms with E-state index in [1.54, 1.807) is 11.0 Å². The van der Waals surface area contributed by atoms with Crippen molar-refractivity contribution in [3.8, 4) is 17.1 Å². The quantitative estimate of drug-likeness (QED) is 0.624. The second-order valence-corrected chi connectivity index (χ2v) is 6.60. The number of hydrogen-bond acceptors (Lipinski definition) is 4. The number of nitrogens with zero attached hydrogens (tertiary/aromatic N) is 6. The fraction of sp³-hybridized carbons (Fsp3) is 0.333. The predicted molar refractivity (Wildman–Crippen MR) is 93.0 cm³/mol. The molecule has 2 heterocycles. The molecule has 3 rings (SSSR count). The molecule has 0 bridgehead atoms. The van der Waals surface area contributed by atoms with Gasteiger partial charge in [-0.15, -0.1) is 10.2 Å². The van der Waals surface area contributed by atoms with Crippen molar-refractivity contribution < 1.29 is 0 Å². The fourth-order valence-electron chi connectivity index (χ4n) is 2.15. The van der Waals surface area contributed by atoms with E-state index >= 15 is 0 Å². The van der Waals surface area contributed by atoms with Crippen LogP contribution in [0.2, 0.25) is 0 Å². The van der Waals surface area contributed by atoms with Gasteiger partial charge in [-0.3, -0.25) is 0 Å². The molecule has 0 fully saturated rings. The van der Waals surface area contributed by atoms with Gasteiger partial charge >= 0.3 is 0 Å². The molecular weight excluding hydrogens is 391 g/mol. The number of hydrogen-bond donors (Lipinski definition) is 0. The Bertz CT molecular complexity index is 817. The van der Waals surface area contributed by atoms with Crippen molar-refractivity contribution in [1.29, 1.82) is 0 Å². The lowest BCUT2D eigenvalue weighted by Crippen LogP contribution is -2.04. The first-order valence-electron chi connectivity index (χ1n) is 7.08. The maximum Gasteiger partial charge on any atom is 0.209 e. The zero-order valence-electron chi connectivity index (χ0n) is 12.9. The zero-order valence-corrected chi connectivity index (χ0v) is 15.1. The molecule has 0 saturated carbocycles. The third-order valence-corrected chi connectivity index (χ3v) is 4.47. The average molecular weight is 408 g/mol. The van der Waals surface area contributed by atoms with Crippen LogP contribution in [0.5, 0.6) is 0 Å². The molecule has 0 aliphatic carbocycles. The van der Waals surface area contributed by atoms with Gasteiger partial charge in [0.05, 0.1) is 23.5 Å². The van der Waals surface area contributed by atoms with Crippen LogP contribution in [0.25, 0.3) is 17.1 Å². The van der Waals surface area contributed by atoms with Gasteiger partial charge in [-0.1, -0.05) is 12.1 Å². The summed E-state index contributed by atoms with van der Waals surface area (Å²) < 4.78 is 2.91. The summed E-state index contributed by atoms with van der Waals surface area (Å²) in [6.45, 7) is 8.21. The Labute approximate surface area is 142 Å². The molecule has 1 aromatic carbocycles. The molecular formula is C15H17IN6. The molecule has 0 spiro atoms. The van der Waals surface area contributed by atoms with Gasteiger partial charge in [-0.2, -0.15) is 9.90 Å². The van der Waals surface area contributed by atoms with Gasteiger partial charge in [0.1, 0.15) is 3.70 Å². The topological polar surface area (TPSA) is 61.4 Å². The lowest BCUT2D eigenvalue weighted by atomic mass is 10.1. The fourth-order valence-corrected chi connectivity index (χ4v) is 2.92. The maximum absolute atomic E-state index is 4.51. The Morgan fingerprint density at radius 1 is 1.18 bits per heavy atom. The van der Waals surface area contributed by atoms with Crippen molar-refractivity contribution in [2.24, 2.45) is 0 Å². The Balaban J connectivity index is 2.06. The first kappa shape index (κ1) is 15.1. The van der Waals surface area contributed by atoms with Crippen LogP contribution in [-0.4, -0.2) is 30.0 Å². The molecule has 7 heteroatoms. The highest BCUT2D eigenvalue weighted by Gasteiger charge is 2.17. The van der Waals surface area contributed by atoms with Crippen molar-refractivity contribution in [2.45, 2.75) is 33.7 Å². The lowest BCUT2D eigenvalue weighted by molar-refractivity contribution is 0.455. The van der Waals surface area contributed by atoms with E-state index in [1.807, 2.05) is 18.5 Å². The van der Waals surface area contributed by atoms with Crippen LogP contribution >= 0.6 is 22.6 Å².